The topological polar surface area (TPSA) is 98.7 Å². The van der Waals surface area contributed by atoms with Crippen molar-refractivity contribution in [2.24, 2.45) is 12.8 Å². The normalized spacial score (nSPS) is 9.81. The summed E-state index contributed by atoms with van der Waals surface area (Å²) in [6.07, 6.45) is 3.74. The summed E-state index contributed by atoms with van der Waals surface area (Å²) in [6.45, 7) is 0.671. The van der Waals surface area contributed by atoms with Crippen LogP contribution in [0.4, 0.5) is 0 Å². The number of hydrogen-bond acceptors (Lipinski definition) is 5. The summed E-state index contributed by atoms with van der Waals surface area (Å²) >= 11 is 0. The van der Waals surface area contributed by atoms with Crippen LogP contribution in [-0.4, -0.2) is 38.7 Å². The Morgan fingerprint density at radius 3 is 3.05 bits per heavy atom. The van der Waals surface area contributed by atoms with Gasteiger partial charge in [0.1, 0.15) is 12.0 Å². The van der Waals surface area contributed by atoms with Crippen LogP contribution in [0.25, 0.3) is 0 Å². The maximum atomic E-state index is 12.1. The third-order valence-corrected chi connectivity index (χ3v) is 2.63. The van der Waals surface area contributed by atoms with E-state index in [0.717, 1.165) is 0 Å². The van der Waals surface area contributed by atoms with Crippen LogP contribution in [-0.2, 0) is 13.5 Å². The monoisotopic (exact) mass is 284 g/mol. The number of aromatic nitrogens is 4. The molecule has 0 unspecified atom stereocenters. The predicted octanol–water partition coefficient (Wildman–Crippen LogP) is -0.507. The Hall–Kier alpha value is -2.72. The van der Waals surface area contributed by atoms with Crippen molar-refractivity contribution in [3.8, 4) is 11.8 Å². The third-order valence-electron chi connectivity index (χ3n) is 2.63. The molecule has 2 heterocycles. The largest absolute Gasteiger partial charge is 0.350 e. The van der Waals surface area contributed by atoms with Gasteiger partial charge in [0, 0.05) is 26.2 Å². The quantitative estimate of drug-likeness (QED) is 0.737. The Morgan fingerprint density at radius 2 is 2.33 bits per heavy atom. The molecule has 21 heavy (non-hydrogen) atoms. The minimum Gasteiger partial charge on any atom is -0.350 e. The fraction of sp³-hybridized carbons (Fsp3) is 0.286. The molecule has 2 aromatic rings. The molecule has 0 aliphatic rings. The van der Waals surface area contributed by atoms with E-state index >= 15 is 0 Å². The number of pyridine rings is 1. The number of nitrogens with two attached hydrogens (primary N) is 1. The summed E-state index contributed by atoms with van der Waals surface area (Å²) in [6, 6.07) is 3.47. The highest BCUT2D eigenvalue weighted by molar-refractivity contribution is 5.94. The van der Waals surface area contributed by atoms with Gasteiger partial charge in [0.2, 0.25) is 0 Å². The Bertz CT molecular complexity index is 682. The zero-order chi connectivity index (χ0) is 15.1. The van der Waals surface area contributed by atoms with E-state index in [1.807, 2.05) is 0 Å². The van der Waals surface area contributed by atoms with Gasteiger partial charge in [-0.15, -0.1) is 0 Å². The lowest BCUT2D eigenvalue weighted by Crippen LogP contribution is -2.27. The first-order valence-electron chi connectivity index (χ1n) is 6.47. The molecule has 0 atom stereocenters. The minimum absolute atomic E-state index is 0.237. The molecule has 0 radical (unpaired) electrons. The number of carbonyl (C=O) groups is 1. The zero-order valence-corrected chi connectivity index (χ0v) is 11.7. The summed E-state index contributed by atoms with van der Waals surface area (Å²) in [7, 11) is 1.80. The molecule has 3 N–H and O–H groups in total. The van der Waals surface area contributed by atoms with Gasteiger partial charge >= 0.3 is 0 Å². The van der Waals surface area contributed by atoms with E-state index in [2.05, 4.69) is 32.2 Å². The Morgan fingerprint density at radius 1 is 1.48 bits per heavy atom. The molecule has 0 aliphatic heterocycles. The SMILES string of the molecule is Cn1cnc(CCNC(=O)c2ncccc2C#CCN)n1. The molecule has 0 spiro atoms. The van der Waals surface area contributed by atoms with Crippen LogP contribution in [0.2, 0.25) is 0 Å². The van der Waals surface area contributed by atoms with Gasteiger partial charge in [-0.1, -0.05) is 11.8 Å². The maximum Gasteiger partial charge on any atom is 0.271 e. The van der Waals surface area contributed by atoms with Gasteiger partial charge in [-0.3, -0.25) is 9.48 Å². The van der Waals surface area contributed by atoms with Crippen molar-refractivity contribution < 1.29 is 4.79 Å². The fourth-order valence-corrected chi connectivity index (χ4v) is 1.70. The van der Waals surface area contributed by atoms with Crippen LogP contribution in [0.1, 0.15) is 21.9 Å². The molecule has 0 aromatic carbocycles. The van der Waals surface area contributed by atoms with Crippen LogP contribution in [0.3, 0.4) is 0 Å². The number of nitrogens with zero attached hydrogens (tertiary/aromatic N) is 4. The van der Waals surface area contributed by atoms with E-state index in [9.17, 15) is 4.79 Å². The summed E-state index contributed by atoms with van der Waals surface area (Å²) in [5, 5.41) is 6.92. The van der Waals surface area contributed by atoms with Gasteiger partial charge in [0.25, 0.3) is 5.91 Å². The van der Waals surface area contributed by atoms with Crippen molar-refractivity contribution in [2.45, 2.75) is 6.42 Å². The van der Waals surface area contributed by atoms with Gasteiger partial charge in [-0.05, 0) is 12.1 Å². The average Bonchev–Trinajstić information content (AvgIpc) is 2.91. The van der Waals surface area contributed by atoms with Gasteiger partial charge < -0.3 is 11.1 Å². The predicted molar refractivity (Wildman–Crippen MR) is 77.2 cm³/mol. The lowest BCUT2D eigenvalue weighted by molar-refractivity contribution is 0.0949. The molecule has 0 fully saturated rings. The fourth-order valence-electron chi connectivity index (χ4n) is 1.70. The van der Waals surface area contributed by atoms with Crippen molar-refractivity contribution in [3.63, 3.8) is 0 Å². The van der Waals surface area contributed by atoms with Gasteiger partial charge in [0.05, 0.1) is 12.1 Å². The van der Waals surface area contributed by atoms with E-state index in [1.165, 1.54) is 0 Å². The van der Waals surface area contributed by atoms with E-state index < -0.39 is 0 Å². The molecule has 0 saturated carbocycles. The highest BCUT2D eigenvalue weighted by atomic mass is 16.1. The summed E-state index contributed by atoms with van der Waals surface area (Å²) in [5.74, 6) is 5.97. The number of hydrogen-bond donors (Lipinski definition) is 2. The van der Waals surface area contributed by atoms with E-state index in [1.54, 1.807) is 36.4 Å². The van der Waals surface area contributed by atoms with Gasteiger partial charge in [0.15, 0.2) is 5.82 Å². The Kier molecular flexibility index (Phi) is 5.01. The van der Waals surface area contributed by atoms with Crippen LogP contribution in [0.5, 0.6) is 0 Å². The van der Waals surface area contributed by atoms with Crippen molar-refractivity contribution >= 4 is 5.91 Å². The summed E-state index contributed by atoms with van der Waals surface area (Å²) in [4.78, 5) is 20.3. The van der Waals surface area contributed by atoms with Crippen molar-refractivity contribution in [2.75, 3.05) is 13.1 Å². The second-order valence-electron chi connectivity index (χ2n) is 4.25. The van der Waals surface area contributed by atoms with Crippen LogP contribution in [0.15, 0.2) is 24.7 Å². The number of carbonyl (C=O) groups excluding carboxylic acids is 1. The molecule has 0 aliphatic carbocycles. The average molecular weight is 284 g/mol. The number of nitrogens with one attached hydrogen (secondary N) is 1. The highest BCUT2D eigenvalue weighted by Crippen LogP contribution is 2.03. The van der Waals surface area contributed by atoms with Crippen LogP contribution >= 0.6 is 0 Å². The molecule has 0 bridgehead atoms. The summed E-state index contributed by atoms with van der Waals surface area (Å²) in [5.41, 5.74) is 6.20. The van der Waals surface area contributed by atoms with Crippen molar-refractivity contribution in [3.05, 3.63) is 41.7 Å². The van der Waals surface area contributed by atoms with Crippen molar-refractivity contribution in [1.29, 1.82) is 0 Å². The first-order chi connectivity index (χ1) is 10.2. The van der Waals surface area contributed by atoms with Gasteiger partial charge in [-0.2, -0.15) is 5.10 Å². The maximum absolute atomic E-state index is 12.1. The smallest absolute Gasteiger partial charge is 0.271 e. The van der Waals surface area contributed by atoms with Crippen LogP contribution in [0, 0.1) is 11.8 Å². The molecule has 7 nitrogen and oxygen atoms in total. The van der Waals surface area contributed by atoms with Crippen LogP contribution < -0.4 is 11.1 Å². The lowest BCUT2D eigenvalue weighted by Gasteiger charge is -2.04. The third kappa shape index (κ3) is 4.12. The lowest BCUT2D eigenvalue weighted by atomic mass is 10.2. The van der Waals surface area contributed by atoms with Gasteiger partial charge in [-0.25, -0.2) is 9.97 Å². The first-order valence-corrected chi connectivity index (χ1v) is 6.47. The number of amides is 1. The zero-order valence-electron chi connectivity index (χ0n) is 11.7. The van der Waals surface area contributed by atoms with E-state index in [4.69, 9.17) is 5.73 Å². The second-order valence-corrected chi connectivity index (χ2v) is 4.25. The molecular formula is C14H16N6O. The highest BCUT2D eigenvalue weighted by Gasteiger charge is 2.11. The molecular weight excluding hydrogens is 268 g/mol. The Balaban J connectivity index is 1.97. The molecule has 2 aromatic heterocycles. The Labute approximate surface area is 122 Å². The second kappa shape index (κ2) is 7.17. The first kappa shape index (κ1) is 14.7. The standard InChI is InChI=1S/C14H16N6O/c1-20-10-18-12(19-20)6-9-17-14(21)13-11(4-2-7-15)5-3-8-16-13/h3,5,8,10H,6-7,9,15H2,1H3,(H,17,21). The minimum atomic E-state index is -0.271. The number of rotatable bonds is 4. The molecule has 1 amide bonds. The van der Waals surface area contributed by atoms with E-state index in [-0.39, 0.29) is 12.5 Å². The van der Waals surface area contributed by atoms with E-state index in [0.29, 0.717) is 30.0 Å². The molecule has 2 rings (SSSR count). The summed E-state index contributed by atoms with van der Waals surface area (Å²) < 4.78 is 1.62. The van der Waals surface area contributed by atoms with Crippen molar-refractivity contribution in [1.82, 2.24) is 25.1 Å². The molecule has 7 heteroatoms. The molecule has 0 saturated heterocycles. The number of aryl methyl sites for hydroxylation is 1. The molecule has 108 valence electrons.